The van der Waals surface area contributed by atoms with E-state index in [0.29, 0.717) is 41.8 Å². The second-order valence-electron chi connectivity index (χ2n) is 6.00. The van der Waals surface area contributed by atoms with Gasteiger partial charge in [-0.3, -0.25) is 4.79 Å². The van der Waals surface area contributed by atoms with Gasteiger partial charge in [-0.05, 0) is 24.3 Å². The van der Waals surface area contributed by atoms with E-state index in [1.807, 2.05) is 16.7 Å². The molecule has 0 aliphatic carbocycles. The Morgan fingerprint density at radius 2 is 1.96 bits per heavy atom. The molecule has 0 atom stereocenters. The lowest BCUT2D eigenvalue weighted by atomic mass is 10.2. The summed E-state index contributed by atoms with van der Waals surface area (Å²) in [6.45, 7) is 5.04. The van der Waals surface area contributed by atoms with Gasteiger partial charge in [0.2, 0.25) is 0 Å². The zero-order valence-corrected chi connectivity index (χ0v) is 15.7. The number of aromatic nitrogens is 1. The summed E-state index contributed by atoms with van der Waals surface area (Å²) in [7, 11) is 0. The first-order valence-electron chi connectivity index (χ1n) is 8.64. The maximum atomic E-state index is 12.9. The Bertz CT molecular complexity index is 1100. The van der Waals surface area contributed by atoms with Crippen molar-refractivity contribution in [2.45, 2.75) is 6.54 Å². The molecule has 0 saturated carbocycles. The summed E-state index contributed by atoms with van der Waals surface area (Å²) in [4.78, 5) is 17.0. The van der Waals surface area contributed by atoms with Crippen LogP contribution in [0, 0.1) is 5.82 Å². The van der Waals surface area contributed by atoms with Crippen LogP contribution in [0.15, 0.2) is 54.0 Å². The van der Waals surface area contributed by atoms with Crippen LogP contribution in [0.25, 0.3) is 10.2 Å². The molecule has 0 fully saturated rings. The highest BCUT2D eigenvalue weighted by Crippen LogP contribution is 2.35. The Balaban J connectivity index is 1.64. The molecule has 1 aliphatic rings. The Hall–Kier alpha value is -3.13. The molecule has 0 spiro atoms. The minimum atomic E-state index is -0.439. The van der Waals surface area contributed by atoms with Crippen LogP contribution in [0.1, 0.15) is 0 Å². The predicted octanol–water partition coefficient (Wildman–Crippen LogP) is 3.31. The maximum absolute atomic E-state index is 12.9. The maximum Gasteiger partial charge on any atom is 0.286 e. The van der Waals surface area contributed by atoms with Crippen molar-refractivity contribution in [1.29, 1.82) is 0 Å². The summed E-state index contributed by atoms with van der Waals surface area (Å²) in [5.41, 5.74) is 0.889. The number of hydrogen-bond acceptors (Lipinski definition) is 5. The zero-order valence-electron chi connectivity index (χ0n) is 14.9. The topological polar surface area (TPSA) is 62.1 Å². The van der Waals surface area contributed by atoms with Gasteiger partial charge in [-0.25, -0.2) is 4.39 Å². The number of thiazole rings is 1. The number of rotatable bonds is 5. The van der Waals surface area contributed by atoms with Crippen LogP contribution in [0.3, 0.4) is 0 Å². The van der Waals surface area contributed by atoms with Gasteiger partial charge in [0.25, 0.3) is 5.91 Å². The van der Waals surface area contributed by atoms with Crippen molar-refractivity contribution >= 4 is 27.5 Å². The number of ether oxygens (including phenoxy) is 3. The molecule has 3 aromatic rings. The van der Waals surface area contributed by atoms with Crippen molar-refractivity contribution in [2.24, 2.45) is 4.99 Å². The molecular formula is C20H17FN2O4S. The molecule has 2 heterocycles. The number of carbonyl (C=O) groups is 1. The summed E-state index contributed by atoms with van der Waals surface area (Å²) in [6, 6.07) is 9.25. The third kappa shape index (κ3) is 3.77. The first-order chi connectivity index (χ1) is 13.6. The lowest BCUT2D eigenvalue weighted by molar-refractivity contribution is -0.120. The molecule has 8 heteroatoms. The molecule has 0 unspecified atom stereocenters. The minimum absolute atomic E-state index is 0.239. The van der Waals surface area contributed by atoms with Crippen molar-refractivity contribution in [3.8, 4) is 17.2 Å². The highest BCUT2D eigenvalue weighted by atomic mass is 32.1. The van der Waals surface area contributed by atoms with Gasteiger partial charge in [0.1, 0.15) is 24.8 Å². The SMILES string of the molecule is C=CCn1c(=NC(=O)COc2ccc(F)cc2)sc2cc3c(cc21)OCCO3. The standard InChI is InChI=1S/C20H17FN2O4S/c1-2-7-23-15-10-16-17(26-9-8-25-16)11-18(15)28-20(23)22-19(24)12-27-14-5-3-13(21)4-6-14/h2-6,10-11H,1,7-9,12H2. The second-order valence-corrected chi connectivity index (χ2v) is 7.00. The molecule has 2 aromatic carbocycles. The molecule has 0 saturated heterocycles. The molecule has 0 N–H and O–H groups in total. The number of allylic oxidation sites excluding steroid dienone is 1. The quantitative estimate of drug-likeness (QED) is 0.617. The number of fused-ring (bicyclic) bond motifs is 2. The molecule has 4 rings (SSSR count). The summed E-state index contributed by atoms with van der Waals surface area (Å²) in [5.74, 6) is 0.957. The van der Waals surface area contributed by atoms with E-state index in [2.05, 4.69) is 11.6 Å². The van der Waals surface area contributed by atoms with Crippen molar-refractivity contribution in [3.05, 3.63) is 59.7 Å². The largest absolute Gasteiger partial charge is 0.486 e. The highest BCUT2D eigenvalue weighted by Gasteiger charge is 2.16. The van der Waals surface area contributed by atoms with Gasteiger partial charge in [0.05, 0.1) is 10.2 Å². The summed E-state index contributed by atoms with van der Waals surface area (Å²) in [6.07, 6.45) is 1.74. The lowest BCUT2D eigenvalue weighted by Crippen LogP contribution is -2.19. The van der Waals surface area contributed by atoms with Crippen LogP contribution < -0.4 is 19.0 Å². The van der Waals surface area contributed by atoms with E-state index in [1.165, 1.54) is 35.6 Å². The van der Waals surface area contributed by atoms with E-state index in [0.717, 1.165) is 10.2 Å². The van der Waals surface area contributed by atoms with Gasteiger partial charge in [0, 0.05) is 18.7 Å². The Morgan fingerprint density at radius 1 is 1.25 bits per heavy atom. The van der Waals surface area contributed by atoms with Gasteiger partial charge in [-0.1, -0.05) is 17.4 Å². The fraction of sp³-hybridized carbons (Fsp3) is 0.200. The number of amides is 1. The first-order valence-corrected chi connectivity index (χ1v) is 9.45. The van der Waals surface area contributed by atoms with Crippen LogP contribution in [0.2, 0.25) is 0 Å². The molecule has 144 valence electrons. The second kappa shape index (κ2) is 7.85. The summed E-state index contributed by atoms with van der Waals surface area (Å²) in [5, 5.41) is 0. The molecular weight excluding hydrogens is 383 g/mol. The molecule has 1 aromatic heterocycles. The number of carbonyl (C=O) groups excluding carboxylic acids is 1. The zero-order chi connectivity index (χ0) is 19.5. The minimum Gasteiger partial charge on any atom is -0.486 e. The molecule has 28 heavy (non-hydrogen) atoms. The van der Waals surface area contributed by atoms with Crippen molar-refractivity contribution in [3.63, 3.8) is 0 Å². The smallest absolute Gasteiger partial charge is 0.286 e. The van der Waals surface area contributed by atoms with Gasteiger partial charge >= 0.3 is 0 Å². The lowest BCUT2D eigenvalue weighted by Gasteiger charge is -2.18. The Kier molecular flexibility index (Phi) is 5.12. The number of hydrogen-bond donors (Lipinski definition) is 0. The molecule has 1 amide bonds. The predicted molar refractivity (Wildman–Crippen MR) is 103 cm³/mol. The summed E-state index contributed by atoms with van der Waals surface area (Å²) < 4.78 is 32.4. The molecule has 6 nitrogen and oxygen atoms in total. The fourth-order valence-corrected chi connectivity index (χ4v) is 3.88. The average molecular weight is 400 g/mol. The average Bonchev–Trinajstić information content (AvgIpc) is 3.02. The Labute approximate surface area is 164 Å². The van der Waals surface area contributed by atoms with E-state index in [-0.39, 0.29) is 12.4 Å². The number of nitrogens with zero attached hydrogens (tertiary/aromatic N) is 2. The van der Waals surface area contributed by atoms with Gasteiger partial charge in [0.15, 0.2) is 22.9 Å². The van der Waals surface area contributed by atoms with Crippen LogP contribution in [-0.4, -0.2) is 30.3 Å². The van der Waals surface area contributed by atoms with Crippen LogP contribution in [0.4, 0.5) is 4.39 Å². The van der Waals surface area contributed by atoms with Crippen LogP contribution in [-0.2, 0) is 11.3 Å². The molecule has 1 aliphatic heterocycles. The van der Waals surface area contributed by atoms with Gasteiger partial charge in [-0.15, -0.1) is 6.58 Å². The number of benzene rings is 2. The summed E-state index contributed by atoms with van der Waals surface area (Å²) >= 11 is 1.38. The van der Waals surface area contributed by atoms with Gasteiger partial charge in [-0.2, -0.15) is 4.99 Å². The highest BCUT2D eigenvalue weighted by molar-refractivity contribution is 7.16. The third-order valence-electron chi connectivity index (χ3n) is 4.05. The van der Waals surface area contributed by atoms with Crippen molar-refractivity contribution < 1.29 is 23.4 Å². The molecule has 0 bridgehead atoms. The van der Waals surface area contributed by atoms with E-state index < -0.39 is 5.91 Å². The van der Waals surface area contributed by atoms with E-state index >= 15 is 0 Å². The van der Waals surface area contributed by atoms with E-state index in [9.17, 15) is 9.18 Å². The Morgan fingerprint density at radius 3 is 2.68 bits per heavy atom. The molecule has 0 radical (unpaired) electrons. The van der Waals surface area contributed by atoms with Crippen molar-refractivity contribution in [1.82, 2.24) is 4.57 Å². The van der Waals surface area contributed by atoms with Crippen LogP contribution >= 0.6 is 11.3 Å². The first kappa shape index (κ1) is 18.2. The monoisotopic (exact) mass is 400 g/mol. The van der Waals surface area contributed by atoms with E-state index in [1.54, 1.807) is 6.08 Å². The van der Waals surface area contributed by atoms with E-state index in [4.69, 9.17) is 14.2 Å². The van der Waals surface area contributed by atoms with Crippen molar-refractivity contribution in [2.75, 3.05) is 19.8 Å². The van der Waals surface area contributed by atoms with Gasteiger partial charge < -0.3 is 18.8 Å². The third-order valence-corrected chi connectivity index (χ3v) is 5.10. The fourth-order valence-electron chi connectivity index (χ4n) is 2.81. The normalized spacial score (nSPS) is 13.5. The van der Waals surface area contributed by atoms with Crippen LogP contribution in [0.5, 0.6) is 17.2 Å². The number of halogens is 1.